The number of aryl methyl sites for hydroxylation is 4. The van der Waals surface area contributed by atoms with E-state index >= 15 is 0 Å². The highest BCUT2D eigenvalue weighted by Gasteiger charge is 2.04. The molecule has 2 N–H and O–H groups in total. The molecule has 0 radical (unpaired) electrons. The molecular formula is C24H24N2O2. The number of aromatic hydroxyl groups is 2. The third kappa shape index (κ3) is 4.46. The Morgan fingerprint density at radius 3 is 1.32 bits per heavy atom. The van der Waals surface area contributed by atoms with Gasteiger partial charge >= 0.3 is 0 Å². The highest BCUT2D eigenvalue weighted by Crippen LogP contribution is 2.25. The van der Waals surface area contributed by atoms with Gasteiger partial charge in [-0.05, 0) is 86.3 Å². The van der Waals surface area contributed by atoms with Crippen LogP contribution in [0, 0.1) is 27.7 Å². The summed E-state index contributed by atoms with van der Waals surface area (Å²) in [5, 5.41) is 20.3. The van der Waals surface area contributed by atoms with Gasteiger partial charge in [0.05, 0.1) is 11.4 Å². The molecule has 0 aliphatic heterocycles. The first kappa shape index (κ1) is 19.4. The van der Waals surface area contributed by atoms with Crippen molar-refractivity contribution in [3.63, 3.8) is 0 Å². The molecule has 0 aliphatic carbocycles. The first-order valence-corrected chi connectivity index (χ1v) is 9.12. The molecule has 0 atom stereocenters. The standard InChI is InChI=1S/C24H24N2O2/c1-15-9-17(3)23(27)19(11-15)13-25-21-5-7-22(8-6-21)26-14-20-12-16(2)10-18(4)24(20)28/h5-14,27-28H,1-4H3. The summed E-state index contributed by atoms with van der Waals surface area (Å²) < 4.78 is 0. The third-order valence-corrected chi connectivity index (χ3v) is 4.50. The molecule has 0 bridgehead atoms. The van der Waals surface area contributed by atoms with Gasteiger partial charge in [0.1, 0.15) is 11.5 Å². The lowest BCUT2D eigenvalue weighted by atomic mass is 10.1. The van der Waals surface area contributed by atoms with E-state index in [4.69, 9.17) is 0 Å². The number of phenols is 2. The van der Waals surface area contributed by atoms with Gasteiger partial charge in [-0.25, -0.2) is 0 Å². The molecule has 0 saturated heterocycles. The number of hydrogen-bond acceptors (Lipinski definition) is 4. The number of nitrogens with zero attached hydrogens (tertiary/aromatic N) is 2. The Kier molecular flexibility index (Phi) is 5.59. The molecule has 0 fully saturated rings. The number of aliphatic imine (C=N–C) groups is 2. The molecule has 0 aromatic heterocycles. The van der Waals surface area contributed by atoms with Crippen LogP contribution in [0.5, 0.6) is 11.5 Å². The van der Waals surface area contributed by atoms with Gasteiger partial charge in [-0.3, -0.25) is 9.98 Å². The summed E-state index contributed by atoms with van der Waals surface area (Å²) in [5.74, 6) is 0.507. The lowest BCUT2D eigenvalue weighted by Crippen LogP contribution is -1.88. The van der Waals surface area contributed by atoms with Gasteiger partial charge in [-0.2, -0.15) is 0 Å². The van der Waals surface area contributed by atoms with Crippen molar-refractivity contribution in [1.29, 1.82) is 0 Å². The normalized spacial score (nSPS) is 11.6. The van der Waals surface area contributed by atoms with E-state index < -0.39 is 0 Å². The van der Waals surface area contributed by atoms with Crippen LogP contribution in [0.25, 0.3) is 0 Å². The van der Waals surface area contributed by atoms with E-state index in [1.807, 2.05) is 76.2 Å². The lowest BCUT2D eigenvalue weighted by Gasteiger charge is -2.05. The van der Waals surface area contributed by atoms with Crippen LogP contribution in [0.15, 0.2) is 58.5 Å². The Hall–Kier alpha value is -3.40. The van der Waals surface area contributed by atoms with Gasteiger partial charge in [-0.15, -0.1) is 0 Å². The van der Waals surface area contributed by atoms with E-state index in [9.17, 15) is 10.2 Å². The van der Waals surface area contributed by atoms with Crippen molar-refractivity contribution in [2.45, 2.75) is 27.7 Å². The third-order valence-electron chi connectivity index (χ3n) is 4.50. The summed E-state index contributed by atoms with van der Waals surface area (Å²) in [4.78, 5) is 8.88. The zero-order valence-electron chi connectivity index (χ0n) is 16.6. The van der Waals surface area contributed by atoms with Crippen LogP contribution in [-0.2, 0) is 0 Å². The van der Waals surface area contributed by atoms with Gasteiger partial charge < -0.3 is 10.2 Å². The fraction of sp³-hybridized carbons (Fsp3) is 0.167. The second-order valence-electron chi connectivity index (χ2n) is 7.07. The number of phenolic OH excluding ortho intramolecular Hbond substituents is 2. The van der Waals surface area contributed by atoms with Gasteiger partial charge in [0, 0.05) is 23.6 Å². The molecule has 142 valence electrons. The molecule has 3 aromatic rings. The molecule has 0 heterocycles. The topological polar surface area (TPSA) is 65.2 Å². The largest absolute Gasteiger partial charge is 0.507 e. The molecule has 0 unspecified atom stereocenters. The molecule has 3 aromatic carbocycles. The maximum atomic E-state index is 10.2. The monoisotopic (exact) mass is 372 g/mol. The molecule has 4 heteroatoms. The van der Waals surface area contributed by atoms with Crippen LogP contribution < -0.4 is 0 Å². The van der Waals surface area contributed by atoms with Crippen LogP contribution in [0.4, 0.5) is 11.4 Å². The van der Waals surface area contributed by atoms with Crippen molar-refractivity contribution in [2.75, 3.05) is 0 Å². The molecule has 28 heavy (non-hydrogen) atoms. The Morgan fingerprint density at radius 1 is 0.607 bits per heavy atom. The smallest absolute Gasteiger partial charge is 0.127 e. The van der Waals surface area contributed by atoms with E-state index in [2.05, 4.69) is 9.98 Å². The van der Waals surface area contributed by atoms with Crippen molar-refractivity contribution < 1.29 is 10.2 Å². The first-order chi connectivity index (χ1) is 13.3. The van der Waals surface area contributed by atoms with Crippen molar-refractivity contribution in [2.24, 2.45) is 9.98 Å². The maximum absolute atomic E-state index is 10.2. The average molecular weight is 372 g/mol. The van der Waals surface area contributed by atoms with E-state index in [0.29, 0.717) is 11.1 Å². The van der Waals surface area contributed by atoms with Gasteiger partial charge in [0.2, 0.25) is 0 Å². The summed E-state index contributed by atoms with van der Waals surface area (Å²) >= 11 is 0. The van der Waals surface area contributed by atoms with Crippen LogP contribution in [0.2, 0.25) is 0 Å². The van der Waals surface area contributed by atoms with Gasteiger partial charge in [0.15, 0.2) is 0 Å². The molecular weight excluding hydrogens is 348 g/mol. The number of rotatable bonds is 4. The lowest BCUT2D eigenvalue weighted by molar-refractivity contribution is 0.469. The Morgan fingerprint density at radius 2 is 0.964 bits per heavy atom. The van der Waals surface area contributed by atoms with Crippen LogP contribution in [0.1, 0.15) is 33.4 Å². The van der Waals surface area contributed by atoms with E-state index in [0.717, 1.165) is 33.6 Å². The maximum Gasteiger partial charge on any atom is 0.127 e. The Bertz CT molecular complexity index is 978. The second-order valence-corrected chi connectivity index (χ2v) is 7.07. The van der Waals surface area contributed by atoms with Crippen molar-refractivity contribution >= 4 is 23.8 Å². The number of benzene rings is 3. The fourth-order valence-corrected chi connectivity index (χ4v) is 3.10. The van der Waals surface area contributed by atoms with Crippen LogP contribution in [-0.4, -0.2) is 22.6 Å². The van der Waals surface area contributed by atoms with E-state index in [1.54, 1.807) is 12.4 Å². The molecule has 0 saturated carbocycles. The summed E-state index contributed by atoms with van der Waals surface area (Å²) in [6, 6.07) is 15.1. The summed E-state index contributed by atoms with van der Waals surface area (Å²) in [5.41, 5.74) is 6.77. The summed E-state index contributed by atoms with van der Waals surface area (Å²) in [6.07, 6.45) is 3.34. The fourth-order valence-electron chi connectivity index (χ4n) is 3.10. The minimum Gasteiger partial charge on any atom is -0.507 e. The minimum absolute atomic E-state index is 0.254. The molecule has 0 aliphatic rings. The first-order valence-electron chi connectivity index (χ1n) is 9.12. The molecule has 0 amide bonds. The van der Waals surface area contributed by atoms with E-state index in [-0.39, 0.29) is 11.5 Å². The predicted molar refractivity (Wildman–Crippen MR) is 116 cm³/mol. The van der Waals surface area contributed by atoms with Crippen molar-refractivity contribution in [3.05, 3.63) is 81.9 Å². The van der Waals surface area contributed by atoms with Crippen molar-refractivity contribution in [1.82, 2.24) is 0 Å². The molecule has 3 rings (SSSR count). The van der Waals surface area contributed by atoms with E-state index in [1.165, 1.54) is 0 Å². The van der Waals surface area contributed by atoms with Crippen LogP contribution >= 0.6 is 0 Å². The summed E-state index contributed by atoms with van der Waals surface area (Å²) in [6.45, 7) is 7.73. The highest BCUT2D eigenvalue weighted by molar-refractivity contribution is 5.87. The SMILES string of the molecule is Cc1cc(C)c(O)c(C=Nc2ccc(N=Cc3cc(C)cc(C)c3O)cc2)c1. The Labute approximate surface area is 165 Å². The Balaban J connectivity index is 1.77. The quantitative estimate of drug-likeness (QED) is 0.566. The van der Waals surface area contributed by atoms with Gasteiger partial charge in [0.25, 0.3) is 0 Å². The summed E-state index contributed by atoms with van der Waals surface area (Å²) in [7, 11) is 0. The zero-order chi connectivity index (χ0) is 20.3. The average Bonchev–Trinajstić information content (AvgIpc) is 2.66. The highest BCUT2D eigenvalue weighted by atomic mass is 16.3. The predicted octanol–water partition coefficient (Wildman–Crippen LogP) is 5.83. The number of hydrogen-bond donors (Lipinski definition) is 2. The molecule has 4 nitrogen and oxygen atoms in total. The zero-order valence-corrected chi connectivity index (χ0v) is 16.6. The van der Waals surface area contributed by atoms with Crippen LogP contribution in [0.3, 0.4) is 0 Å². The van der Waals surface area contributed by atoms with Crippen molar-refractivity contribution in [3.8, 4) is 11.5 Å². The molecule has 0 spiro atoms. The minimum atomic E-state index is 0.254. The van der Waals surface area contributed by atoms with Gasteiger partial charge in [-0.1, -0.05) is 12.1 Å². The second kappa shape index (κ2) is 8.09.